The molecule has 3 aromatic rings. The Morgan fingerprint density at radius 2 is 2.23 bits per heavy atom. The molecule has 0 saturated carbocycles. The zero-order valence-corrected chi connectivity index (χ0v) is 15.2. The van der Waals surface area contributed by atoms with E-state index in [-0.39, 0.29) is 5.91 Å². The average molecular weight is 426 g/mol. The second-order valence-electron chi connectivity index (χ2n) is 5.11. The van der Waals surface area contributed by atoms with E-state index in [0.29, 0.717) is 18.1 Å². The van der Waals surface area contributed by atoms with Gasteiger partial charge >= 0.3 is 0 Å². The van der Waals surface area contributed by atoms with E-state index in [1.165, 1.54) is 16.9 Å². The molecular weight excluding hydrogens is 411 g/mol. The van der Waals surface area contributed by atoms with Crippen LogP contribution in [0, 0.1) is 17.4 Å². The summed E-state index contributed by atoms with van der Waals surface area (Å²) in [5.74, 6) is -0.0426. The van der Waals surface area contributed by atoms with Crippen LogP contribution in [0.2, 0.25) is 0 Å². The van der Waals surface area contributed by atoms with Crippen LogP contribution in [0.3, 0.4) is 0 Å². The van der Waals surface area contributed by atoms with Gasteiger partial charge in [0.2, 0.25) is 5.91 Å². The first-order chi connectivity index (χ1) is 10.5. The van der Waals surface area contributed by atoms with Gasteiger partial charge in [-0.15, -0.1) is 0 Å². The third kappa shape index (κ3) is 3.46. The van der Waals surface area contributed by atoms with Gasteiger partial charge in [0.15, 0.2) is 5.13 Å². The number of rotatable bonds is 4. The van der Waals surface area contributed by atoms with Crippen LogP contribution in [0.5, 0.6) is 0 Å². The summed E-state index contributed by atoms with van der Waals surface area (Å²) in [6.45, 7) is 4.58. The minimum Gasteiger partial charge on any atom is -0.302 e. The zero-order chi connectivity index (χ0) is 15.7. The molecule has 0 aliphatic carbocycles. The summed E-state index contributed by atoms with van der Waals surface area (Å²) in [7, 11) is 0. The molecule has 0 radical (unpaired) electrons. The Balaban J connectivity index is 1.62. The number of fused-ring (bicyclic) bond motifs is 1. The van der Waals surface area contributed by atoms with Gasteiger partial charge in [-0.25, -0.2) is 4.98 Å². The van der Waals surface area contributed by atoms with E-state index >= 15 is 0 Å². The second kappa shape index (κ2) is 6.33. The Labute approximate surface area is 145 Å². The van der Waals surface area contributed by atoms with Crippen LogP contribution in [0.4, 0.5) is 5.13 Å². The topological polar surface area (TPSA) is 59.8 Å². The lowest BCUT2D eigenvalue weighted by Crippen LogP contribution is -2.14. The van der Waals surface area contributed by atoms with E-state index in [1.807, 2.05) is 32.2 Å². The largest absolute Gasteiger partial charge is 0.302 e. The van der Waals surface area contributed by atoms with Crippen molar-refractivity contribution >= 4 is 55.2 Å². The number of nitrogens with zero attached hydrogens (tertiary/aromatic N) is 3. The van der Waals surface area contributed by atoms with Gasteiger partial charge < -0.3 is 5.32 Å². The molecule has 114 valence electrons. The molecule has 0 aliphatic heterocycles. The molecule has 0 aliphatic rings. The highest BCUT2D eigenvalue weighted by Gasteiger charge is 2.09. The molecule has 5 nitrogen and oxygen atoms in total. The van der Waals surface area contributed by atoms with Crippen LogP contribution >= 0.6 is 33.9 Å². The minimum absolute atomic E-state index is 0.0426. The van der Waals surface area contributed by atoms with Crippen LogP contribution in [0.15, 0.2) is 24.4 Å². The highest BCUT2D eigenvalue weighted by Crippen LogP contribution is 2.26. The third-order valence-electron chi connectivity index (χ3n) is 3.24. The molecule has 0 unspecified atom stereocenters. The highest BCUT2D eigenvalue weighted by atomic mass is 127. The van der Waals surface area contributed by atoms with Crippen molar-refractivity contribution in [2.24, 2.45) is 0 Å². The van der Waals surface area contributed by atoms with E-state index < -0.39 is 0 Å². The fraction of sp³-hybridized carbons (Fsp3) is 0.267. The van der Waals surface area contributed by atoms with Crippen LogP contribution < -0.4 is 5.32 Å². The number of benzene rings is 1. The Hall–Kier alpha value is -1.48. The number of thiazole rings is 1. The Morgan fingerprint density at radius 3 is 2.95 bits per heavy atom. The van der Waals surface area contributed by atoms with Crippen LogP contribution in [0.1, 0.15) is 17.7 Å². The van der Waals surface area contributed by atoms with Gasteiger partial charge in [-0.05, 0) is 54.1 Å². The van der Waals surface area contributed by atoms with Gasteiger partial charge in [0.05, 0.1) is 19.5 Å². The number of anilines is 1. The Bertz CT molecular complexity index is 820. The third-order valence-corrected chi connectivity index (χ3v) is 5.24. The summed E-state index contributed by atoms with van der Waals surface area (Å²) < 4.78 is 4.00. The molecular formula is C15H15IN4OS. The average Bonchev–Trinajstić information content (AvgIpc) is 2.99. The number of hydrogen-bond donors (Lipinski definition) is 1. The summed E-state index contributed by atoms with van der Waals surface area (Å²) >= 11 is 3.74. The van der Waals surface area contributed by atoms with E-state index in [4.69, 9.17) is 0 Å². The van der Waals surface area contributed by atoms with Crippen molar-refractivity contribution in [1.82, 2.24) is 14.8 Å². The van der Waals surface area contributed by atoms with E-state index in [1.54, 1.807) is 4.68 Å². The summed E-state index contributed by atoms with van der Waals surface area (Å²) in [6.07, 6.45) is 2.33. The van der Waals surface area contributed by atoms with Crippen LogP contribution in [-0.2, 0) is 11.3 Å². The molecule has 1 N–H and O–H groups in total. The monoisotopic (exact) mass is 426 g/mol. The standard InChI is InChI=1S/C15H15IN4OS/c1-9-3-4-12-13(7-9)22-15(17-12)18-14(21)5-6-20-8-11(16)10(2)19-20/h3-4,7-8H,5-6H2,1-2H3,(H,17,18,21). The Kier molecular flexibility index (Phi) is 4.44. The fourth-order valence-corrected chi connectivity index (χ4v) is 3.50. The van der Waals surface area contributed by atoms with Crippen molar-refractivity contribution in [2.75, 3.05) is 5.32 Å². The Morgan fingerprint density at radius 1 is 1.41 bits per heavy atom. The van der Waals surface area contributed by atoms with Gasteiger partial charge in [-0.2, -0.15) is 5.10 Å². The highest BCUT2D eigenvalue weighted by molar-refractivity contribution is 14.1. The number of hydrogen-bond acceptors (Lipinski definition) is 4. The van der Waals surface area contributed by atoms with Gasteiger partial charge in [0.1, 0.15) is 0 Å². The van der Waals surface area contributed by atoms with E-state index in [9.17, 15) is 4.79 Å². The molecule has 1 amide bonds. The molecule has 0 spiro atoms. The molecule has 0 atom stereocenters. The first-order valence-corrected chi connectivity index (χ1v) is 8.77. The lowest BCUT2D eigenvalue weighted by Gasteiger charge is -2.01. The van der Waals surface area contributed by atoms with Crippen LogP contribution in [-0.4, -0.2) is 20.7 Å². The lowest BCUT2D eigenvalue weighted by atomic mass is 10.2. The SMILES string of the molecule is Cc1ccc2nc(NC(=O)CCn3cc(I)c(C)n3)sc2c1. The van der Waals surface area contributed by atoms with Crippen molar-refractivity contribution in [3.8, 4) is 0 Å². The number of halogens is 1. The maximum absolute atomic E-state index is 12.0. The van der Waals surface area contributed by atoms with E-state index in [0.717, 1.165) is 19.5 Å². The van der Waals surface area contributed by atoms with Crippen molar-refractivity contribution in [1.29, 1.82) is 0 Å². The van der Waals surface area contributed by atoms with Gasteiger partial charge in [0.25, 0.3) is 0 Å². The van der Waals surface area contributed by atoms with Gasteiger partial charge in [-0.1, -0.05) is 17.4 Å². The second-order valence-corrected chi connectivity index (χ2v) is 7.31. The molecule has 7 heteroatoms. The molecule has 0 bridgehead atoms. The fourth-order valence-electron chi connectivity index (χ4n) is 2.09. The smallest absolute Gasteiger partial charge is 0.228 e. The number of carbonyl (C=O) groups is 1. The summed E-state index contributed by atoms with van der Waals surface area (Å²) in [6, 6.07) is 6.08. The maximum Gasteiger partial charge on any atom is 0.228 e. The van der Waals surface area contributed by atoms with Crippen molar-refractivity contribution < 1.29 is 4.79 Å². The molecule has 0 saturated heterocycles. The lowest BCUT2D eigenvalue weighted by molar-refractivity contribution is -0.116. The van der Waals surface area contributed by atoms with E-state index in [2.05, 4.69) is 44.1 Å². The molecule has 3 rings (SSSR count). The number of aromatic nitrogens is 3. The zero-order valence-electron chi connectivity index (χ0n) is 12.3. The minimum atomic E-state index is -0.0426. The summed E-state index contributed by atoms with van der Waals surface area (Å²) in [4.78, 5) is 16.5. The molecule has 2 aromatic heterocycles. The van der Waals surface area contributed by atoms with Gasteiger partial charge in [0, 0.05) is 19.2 Å². The van der Waals surface area contributed by atoms with Crippen molar-refractivity contribution in [3.05, 3.63) is 39.2 Å². The number of carbonyl (C=O) groups excluding carboxylic acids is 1. The molecule has 22 heavy (non-hydrogen) atoms. The predicted octanol–water partition coefficient (Wildman–Crippen LogP) is 3.74. The van der Waals surface area contributed by atoms with Crippen molar-refractivity contribution in [2.45, 2.75) is 26.8 Å². The normalized spacial score (nSPS) is 11.0. The molecule has 2 heterocycles. The first-order valence-electron chi connectivity index (χ1n) is 6.88. The van der Waals surface area contributed by atoms with Gasteiger partial charge in [-0.3, -0.25) is 9.48 Å². The summed E-state index contributed by atoms with van der Waals surface area (Å²) in [5, 5.41) is 7.87. The predicted molar refractivity (Wildman–Crippen MR) is 97.3 cm³/mol. The van der Waals surface area contributed by atoms with Crippen molar-refractivity contribution in [3.63, 3.8) is 0 Å². The molecule has 1 aromatic carbocycles. The molecule has 0 fully saturated rings. The van der Waals surface area contributed by atoms with Crippen LogP contribution in [0.25, 0.3) is 10.2 Å². The first kappa shape index (κ1) is 15.4. The number of nitrogens with one attached hydrogen (secondary N) is 1. The number of aryl methyl sites for hydroxylation is 3. The summed E-state index contributed by atoms with van der Waals surface area (Å²) in [5.41, 5.74) is 3.10. The quantitative estimate of drug-likeness (QED) is 0.647. The maximum atomic E-state index is 12.0. The number of amides is 1.